The fourth-order valence-electron chi connectivity index (χ4n) is 4.36. The Balaban J connectivity index is 1.30. The third kappa shape index (κ3) is 5.96. The van der Waals surface area contributed by atoms with E-state index in [-0.39, 0.29) is 23.2 Å². The third-order valence-electron chi connectivity index (χ3n) is 6.61. The average molecular weight is 530 g/mol. The van der Waals surface area contributed by atoms with Crippen molar-refractivity contribution in [3.05, 3.63) is 82.7 Å². The molecular formula is C30H32FN5OS. The Hall–Kier alpha value is -3.52. The highest BCUT2D eigenvalue weighted by molar-refractivity contribution is 7.99. The molecule has 0 aliphatic carbocycles. The molecule has 2 aliphatic rings. The second kappa shape index (κ2) is 10.7. The van der Waals surface area contributed by atoms with E-state index in [2.05, 4.69) is 22.1 Å². The van der Waals surface area contributed by atoms with Gasteiger partial charge < -0.3 is 10.2 Å². The lowest BCUT2D eigenvalue weighted by Crippen LogP contribution is -2.37. The molecule has 196 valence electrons. The smallest absolute Gasteiger partial charge is 0.196 e. The number of aromatic nitrogens is 2. The number of amidine groups is 1. The van der Waals surface area contributed by atoms with Gasteiger partial charge in [-0.05, 0) is 71.5 Å². The van der Waals surface area contributed by atoms with Crippen LogP contribution in [0.15, 0.2) is 75.2 Å². The Kier molecular flexibility index (Phi) is 7.34. The molecule has 1 aromatic heterocycles. The van der Waals surface area contributed by atoms with Gasteiger partial charge in [-0.3, -0.25) is 9.79 Å². The predicted molar refractivity (Wildman–Crippen MR) is 152 cm³/mol. The quantitative estimate of drug-likeness (QED) is 0.279. The van der Waals surface area contributed by atoms with E-state index in [4.69, 9.17) is 9.97 Å². The Labute approximate surface area is 227 Å². The number of nitrogens with zero attached hydrogens (tertiary/aromatic N) is 4. The van der Waals surface area contributed by atoms with Crippen LogP contribution in [-0.4, -0.2) is 41.2 Å². The zero-order chi connectivity index (χ0) is 26.9. The Morgan fingerprint density at radius 3 is 2.50 bits per heavy atom. The third-order valence-corrected chi connectivity index (χ3v) is 7.49. The minimum Gasteiger partial charge on any atom is -0.356 e. The number of carbonyl (C=O) groups is 1. The molecule has 38 heavy (non-hydrogen) atoms. The largest absolute Gasteiger partial charge is 0.356 e. The van der Waals surface area contributed by atoms with E-state index in [1.165, 1.54) is 17.3 Å². The molecule has 3 heterocycles. The number of rotatable bonds is 7. The van der Waals surface area contributed by atoms with E-state index in [1.54, 1.807) is 18.2 Å². The van der Waals surface area contributed by atoms with Gasteiger partial charge in [0.15, 0.2) is 10.9 Å². The van der Waals surface area contributed by atoms with Crippen LogP contribution in [0.4, 0.5) is 16.0 Å². The van der Waals surface area contributed by atoms with Gasteiger partial charge in [0.05, 0.1) is 12.1 Å². The molecule has 0 radical (unpaired) electrons. The predicted octanol–water partition coefficient (Wildman–Crippen LogP) is 6.47. The minimum absolute atomic E-state index is 0.138. The fourth-order valence-corrected chi connectivity index (χ4v) is 5.13. The van der Waals surface area contributed by atoms with Gasteiger partial charge in [0.25, 0.3) is 0 Å². The summed E-state index contributed by atoms with van der Waals surface area (Å²) in [6.07, 6.45) is 3.33. The first-order valence-electron chi connectivity index (χ1n) is 12.9. The van der Waals surface area contributed by atoms with Crippen molar-refractivity contribution in [3.63, 3.8) is 0 Å². The van der Waals surface area contributed by atoms with Crippen molar-refractivity contribution < 1.29 is 9.18 Å². The van der Waals surface area contributed by atoms with Gasteiger partial charge in [0.1, 0.15) is 23.3 Å². The van der Waals surface area contributed by atoms with E-state index in [9.17, 15) is 4.79 Å². The van der Waals surface area contributed by atoms with E-state index < -0.39 is 5.82 Å². The van der Waals surface area contributed by atoms with Crippen LogP contribution >= 0.6 is 11.8 Å². The molecule has 0 bridgehead atoms. The first kappa shape index (κ1) is 26.1. The number of aliphatic imine (C=N–C) groups is 1. The van der Waals surface area contributed by atoms with Crippen molar-refractivity contribution in [1.29, 1.82) is 0 Å². The molecule has 3 aromatic rings. The highest BCUT2D eigenvalue weighted by atomic mass is 32.2. The topological polar surface area (TPSA) is 70.5 Å². The van der Waals surface area contributed by atoms with Gasteiger partial charge in [0, 0.05) is 30.5 Å². The van der Waals surface area contributed by atoms with Crippen LogP contribution in [0.1, 0.15) is 55.6 Å². The lowest BCUT2D eigenvalue weighted by Gasteiger charge is -2.32. The summed E-state index contributed by atoms with van der Waals surface area (Å²) in [6.45, 7) is 10.6. The summed E-state index contributed by atoms with van der Waals surface area (Å²) in [5, 5.41) is 3.96. The van der Waals surface area contributed by atoms with Gasteiger partial charge >= 0.3 is 0 Å². The minimum atomic E-state index is -0.421. The molecule has 8 heteroatoms. The van der Waals surface area contributed by atoms with Crippen molar-refractivity contribution in [2.24, 2.45) is 4.99 Å². The molecule has 2 aromatic carbocycles. The number of ketones is 1. The van der Waals surface area contributed by atoms with Gasteiger partial charge in [-0.1, -0.05) is 45.0 Å². The number of carbonyl (C=O) groups excluding carboxylic acids is 1. The lowest BCUT2D eigenvalue weighted by molar-refractivity contribution is 0.0988. The Bertz CT molecular complexity index is 1420. The molecule has 0 saturated carbocycles. The number of halogens is 1. The molecule has 1 N–H and O–H groups in total. The van der Waals surface area contributed by atoms with Crippen molar-refractivity contribution in [3.8, 4) is 0 Å². The molecule has 6 nitrogen and oxygen atoms in total. The van der Waals surface area contributed by atoms with Crippen molar-refractivity contribution in [1.82, 2.24) is 9.97 Å². The van der Waals surface area contributed by atoms with Crippen LogP contribution in [0.2, 0.25) is 0 Å². The molecule has 0 spiro atoms. The van der Waals surface area contributed by atoms with Crippen LogP contribution < -0.4 is 10.2 Å². The normalized spacial score (nSPS) is 15.1. The zero-order valence-electron chi connectivity index (χ0n) is 22.2. The SMILES string of the molecule is CC1=CC(Nc2cc(N3CCC3)nc(Sc3ccc(CC(=O)c4cccc(C(C)(C)C)c4F)cc3)n2)=NC1. The molecule has 0 unspecified atom stereocenters. The standard InChI is InChI=1S/C30H32FN5OS/c1-19-15-25(32-18-19)33-26-17-27(36-13-6-14-36)35-29(34-26)38-21-11-9-20(10-12-21)16-24(37)22-7-5-8-23(28(22)31)30(2,3)4/h5,7-12,15,17H,6,13-14,16,18H2,1-4H3,(H,32,33,34,35). The number of Topliss-reactive ketones (excluding diaryl/α,β-unsaturated/α-hetero) is 1. The first-order valence-corrected chi connectivity index (χ1v) is 13.7. The van der Waals surface area contributed by atoms with Gasteiger partial charge in [0.2, 0.25) is 0 Å². The number of hydrogen-bond acceptors (Lipinski definition) is 7. The zero-order valence-corrected chi connectivity index (χ0v) is 23.0. The van der Waals surface area contributed by atoms with E-state index in [0.717, 1.165) is 47.4 Å². The van der Waals surface area contributed by atoms with Crippen molar-refractivity contribution in [2.75, 3.05) is 29.9 Å². The van der Waals surface area contributed by atoms with E-state index in [0.29, 0.717) is 17.3 Å². The average Bonchev–Trinajstić information content (AvgIpc) is 3.22. The van der Waals surface area contributed by atoms with Crippen LogP contribution in [-0.2, 0) is 11.8 Å². The van der Waals surface area contributed by atoms with E-state index in [1.807, 2.05) is 57.2 Å². The number of benzene rings is 2. The van der Waals surface area contributed by atoms with Crippen LogP contribution in [0, 0.1) is 5.82 Å². The maximum atomic E-state index is 15.1. The fraction of sp³-hybridized carbons (Fsp3) is 0.333. The highest BCUT2D eigenvalue weighted by Gasteiger charge is 2.23. The maximum Gasteiger partial charge on any atom is 0.196 e. The first-order chi connectivity index (χ1) is 18.2. The maximum absolute atomic E-state index is 15.1. The number of hydrogen-bond donors (Lipinski definition) is 1. The molecule has 1 saturated heterocycles. The van der Waals surface area contributed by atoms with Gasteiger partial charge in [-0.2, -0.15) is 0 Å². The molecule has 5 rings (SSSR count). The van der Waals surface area contributed by atoms with E-state index >= 15 is 4.39 Å². The number of anilines is 2. The van der Waals surface area contributed by atoms with Crippen molar-refractivity contribution in [2.45, 2.75) is 56.0 Å². The Morgan fingerprint density at radius 2 is 1.87 bits per heavy atom. The van der Waals surface area contributed by atoms with Gasteiger partial charge in [-0.15, -0.1) is 0 Å². The summed E-state index contributed by atoms with van der Waals surface area (Å²) in [6, 6.07) is 14.8. The summed E-state index contributed by atoms with van der Waals surface area (Å²) in [4.78, 5) is 30.1. The monoisotopic (exact) mass is 529 g/mol. The molecule has 0 atom stereocenters. The van der Waals surface area contributed by atoms with Crippen LogP contribution in [0.3, 0.4) is 0 Å². The molecule has 2 aliphatic heterocycles. The highest BCUT2D eigenvalue weighted by Crippen LogP contribution is 2.31. The summed E-state index contributed by atoms with van der Waals surface area (Å²) >= 11 is 1.47. The Morgan fingerprint density at radius 1 is 1.11 bits per heavy atom. The summed E-state index contributed by atoms with van der Waals surface area (Å²) in [5.41, 5.74) is 2.37. The molecule has 0 amide bonds. The molecule has 1 fully saturated rings. The second-order valence-corrected chi connectivity index (χ2v) is 11.9. The molecular weight excluding hydrogens is 497 g/mol. The second-order valence-electron chi connectivity index (χ2n) is 10.8. The summed E-state index contributed by atoms with van der Waals surface area (Å²) in [7, 11) is 0. The lowest BCUT2D eigenvalue weighted by atomic mass is 9.85. The van der Waals surface area contributed by atoms with Crippen LogP contribution in [0.5, 0.6) is 0 Å². The van der Waals surface area contributed by atoms with Crippen molar-refractivity contribution >= 4 is 35.0 Å². The van der Waals surface area contributed by atoms with Crippen LogP contribution in [0.25, 0.3) is 0 Å². The summed E-state index contributed by atoms with van der Waals surface area (Å²) < 4.78 is 15.1. The summed E-state index contributed by atoms with van der Waals surface area (Å²) in [5.74, 6) is 1.78. The van der Waals surface area contributed by atoms with Gasteiger partial charge in [-0.25, -0.2) is 14.4 Å². The number of nitrogens with one attached hydrogen (secondary N) is 1.